The van der Waals surface area contributed by atoms with E-state index in [-0.39, 0.29) is 11.7 Å². The van der Waals surface area contributed by atoms with Gasteiger partial charge < -0.3 is 5.32 Å². The molecule has 3 rings (SSSR count). The molecule has 1 aromatic heterocycles. The number of benzene rings is 1. The van der Waals surface area contributed by atoms with Gasteiger partial charge in [0.05, 0.1) is 5.52 Å². The molecule has 2 aromatic rings. The first-order valence-electron chi connectivity index (χ1n) is 5.80. The van der Waals surface area contributed by atoms with Crippen molar-refractivity contribution in [3.63, 3.8) is 0 Å². The van der Waals surface area contributed by atoms with Crippen LogP contribution in [0.4, 0.5) is 0 Å². The summed E-state index contributed by atoms with van der Waals surface area (Å²) in [5.41, 5.74) is 1.20. The van der Waals surface area contributed by atoms with Gasteiger partial charge in [-0.3, -0.25) is 4.79 Å². The third-order valence-corrected chi connectivity index (χ3v) is 3.10. The van der Waals surface area contributed by atoms with Crippen molar-refractivity contribution in [2.24, 2.45) is 5.92 Å². The summed E-state index contributed by atoms with van der Waals surface area (Å²) in [6.45, 7) is 0.690. The molecule has 1 saturated carbocycles. The summed E-state index contributed by atoms with van der Waals surface area (Å²) in [5, 5.41) is 11.1. The molecule has 0 saturated heterocycles. The molecule has 6 heteroatoms. The molecule has 0 radical (unpaired) electrons. The Labute approximate surface area is 109 Å². The molecule has 5 nitrogen and oxygen atoms in total. The first kappa shape index (κ1) is 11.3. The zero-order valence-electron chi connectivity index (χ0n) is 9.56. The summed E-state index contributed by atoms with van der Waals surface area (Å²) in [6, 6.07) is 5.11. The van der Waals surface area contributed by atoms with Gasteiger partial charge in [-0.15, -0.1) is 10.2 Å². The Kier molecular flexibility index (Phi) is 2.83. The molecule has 1 aliphatic rings. The Morgan fingerprint density at radius 1 is 1.33 bits per heavy atom. The van der Waals surface area contributed by atoms with Crippen LogP contribution >= 0.6 is 11.6 Å². The maximum absolute atomic E-state index is 11.8. The lowest BCUT2D eigenvalue weighted by atomic mass is 10.3. The quantitative estimate of drug-likeness (QED) is 0.916. The van der Waals surface area contributed by atoms with E-state index < -0.39 is 0 Å². The van der Waals surface area contributed by atoms with Crippen LogP contribution in [0.15, 0.2) is 18.2 Å². The average molecular weight is 263 g/mol. The highest BCUT2D eigenvalue weighted by atomic mass is 35.5. The smallest absolute Gasteiger partial charge is 0.291 e. The Bertz CT molecular complexity index is 612. The minimum Gasteiger partial charge on any atom is -0.349 e. The van der Waals surface area contributed by atoms with E-state index in [0.29, 0.717) is 28.5 Å². The normalized spacial score (nSPS) is 14.7. The molecule has 18 heavy (non-hydrogen) atoms. The van der Waals surface area contributed by atoms with Crippen molar-refractivity contribution in [1.82, 2.24) is 20.5 Å². The highest BCUT2D eigenvalue weighted by Gasteiger charge is 2.22. The maximum Gasteiger partial charge on any atom is 0.291 e. The second-order valence-corrected chi connectivity index (χ2v) is 4.86. The van der Waals surface area contributed by atoms with Crippen molar-refractivity contribution in [1.29, 1.82) is 0 Å². The standard InChI is InChI=1S/C12H11ClN4O/c13-8-3-4-9-10(5-8)15-11(17-16-9)12(18)14-6-7-1-2-7/h3-5,7H,1-2,6H2,(H,14,18). The van der Waals surface area contributed by atoms with Gasteiger partial charge in [0.1, 0.15) is 5.52 Å². The van der Waals surface area contributed by atoms with Crippen LogP contribution in [0.25, 0.3) is 11.0 Å². The summed E-state index contributed by atoms with van der Waals surface area (Å²) in [7, 11) is 0. The van der Waals surface area contributed by atoms with E-state index in [1.54, 1.807) is 18.2 Å². The third kappa shape index (κ3) is 2.41. The molecule has 1 amide bonds. The van der Waals surface area contributed by atoms with E-state index in [0.717, 1.165) is 0 Å². The minimum absolute atomic E-state index is 0.0883. The highest BCUT2D eigenvalue weighted by Crippen LogP contribution is 2.27. The molecule has 92 valence electrons. The molecule has 1 aromatic carbocycles. The van der Waals surface area contributed by atoms with Crippen molar-refractivity contribution in [2.45, 2.75) is 12.8 Å². The second-order valence-electron chi connectivity index (χ2n) is 4.42. The number of nitrogens with zero attached hydrogens (tertiary/aromatic N) is 3. The number of rotatable bonds is 3. The van der Waals surface area contributed by atoms with Crippen LogP contribution in [-0.2, 0) is 0 Å². The number of hydrogen-bond donors (Lipinski definition) is 1. The molecule has 0 unspecified atom stereocenters. The van der Waals surface area contributed by atoms with Crippen LogP contribution < -0.4 is 5.32 Å². The number of carbonyl (C=O) groups is 1. The van der Waals surface area contributed by atoms with E-state index >= 15 is 0 Å². The van der Waals surface area contributed by atoms with Gasteiger partial charge in [0.25, 0.3) is 5.91 Å². The lowest BCUT2D eigenvalue weighted by molar-refractivity contribution is 0.0940. The molecule has 1 heterocycles. The predicted molar refractivity (Wildman–Crippen MR) is 67.4 cm³/mol. The number of fused-ring (bicyclic) bond motifs is 1. The first-order valence-corrected chi connectivity index (χ1v) is 6.18. The van der Waals surface area contributed by atoms with Gasteiger partial charge in [-0.1, -0.05) is 11.6 Å². The van der Waals surface area contributed by atoms with E-state index in [9.17, 15) is 4.79 Å². The zero-order valence-corrected chi connectivity index (χ0v) is 10.3. The van der Waals surface area contributed by atoms with E-state index in [2.05, 4.69) is 20.5 Å². The van der Waals surface area contributed by atoms with Gasteiger partial charge in [0.15, 0.2) is 0 Å². The summed E-state index contributed by atoms with van der Waals surface area (Å²) >= 11 is 5.87. The fourth-order valence-electron chi connectivity index (χ4n) is 1.64. The highest BCUT2D eigenvalue weighted by molar-refractivity contribution is 6.31. The van der Waals surface area contributed by atoms with Gasteiger partial charge in [-0.25, -0.2) is 4.98 Å². The molecule has 1 fully saturated rings. The van der Waals surface area contributed by atoms with Crippen molar-refractivity contribution < 1.29 is 4.79 Å². The molecule has 1 aliphatic carbocycles. The van der Waals surface area contributed by atoms with Crippen LogP contribution in [0.3, 0.4) is 0 Å². The van der Waals surface area contributed by atoms with Crippen LogP contribution in [0.2, 0.25) is 5.02 Å². The Morgan fingerprint density at radius 3 is 2.94 bits per heavy atom. The van der Waals surface area contributed by atoms with Gasteiger partial charge in [0, 0.05) is 11.6 Å². The van der Waals surface area contributed by atoms with Gasteiger partial charge >= 0.3 is 0 Å². The fraction of sp³-hybridized carbons (Fsp3) is 0.333. The van der Waals surface area contributed by atoms with E-state index in [4.69, 9.17) is 11.6 Å². The average Bonchev–Trinajstić information content (AvgIpc) is 3.19. The van der Waals surface area contributed by atoms with Gasteiger partial charge in [-0.05, 0) is 37.0 Å². The summed E-state index contributed by atoms with van der Waals surface area (Å²) in [4.78, 5) is 16.0. The number of amides is 1. The maximum atomic E-state index is 11.8. The molecule has 0 aliphatic heterocycles. The summed E-state index contributed by atoms with van der Waals surface area (Å²) in [6.07, 6.45) is 2.37. The SMILES string of the molecule is O=C(NCC1CC1)c1nnc2ccc(Cl)cc2n1. The van der Waals surface area contributed by atoms with Crippen molar-refractivity contribution in [2.75, 3.05) is 6.54 Å². The van der Waals surface area contributed by atoms with E-state index in [1.807, 2.05) is 0 Å². The van der Waals surface area contributed by atoms with Crippen LogP contribution in [0, 0.1) is 5.92 Å². The number of carbonyl (C=O) groups excluding carboxylic acids is 1. The number of halogens is 1. The lowest BCUT2D eigenvalue weighted by Crippen LogP contribution is -2.27. The number of hydrogen-bond acceptors (Lipinski definition) is 4. The molecule has 0 spiro atoms. The van der Waals surface area contributed by atoms with Crippen LogP contribution in [0.1, 0.15) is 23.5 Å². The van der Waals surface area contributed by atoms with Crippen molar-refractivity contribution >= 4 is 28.5 Å². The predicted octanol–water partition coefficient (Wildman–Crippen LogP) is 1.82. The van der Waals surface area contributed by atoms with Crippen LogP contribution in [-0.4, -0.2) is 27.6 Å². The molecule has 0 atom stereocenters. The lowest BCUT2D eigenvalue weighted by Gasteiger charge is -2.03. The Hall–Kier alpha value is -1.75. The number of nitrogens with one attached hydrogen (secondary N) is 1. The van der Waals surface area contributed by atoms with Gasteiger partial charge in [-0.2, -0.15) is 0 Å². The van der Waals surface area contributed by atoms with Crippen LogP contribution in [0.5, 0.6) is 0 Å². The molecule has 0 bridgehead atoms. The van der Waals surface area contributed by atoms with E-state index in [1.165, 1.54) is 12.8 Å². The number of aromatic nitrogens is 3. The molecular formula is C12H11ClN4O. The molecular weight excluding hydrogens is 252 g/mol. The van der Waals surface area contributed by atoms with Crippen molar-refractivity contribution in [3.8, 4) is 0 Å². The second kappa shape index (κ2) is 4.49. The third-order valence-electron chi connectivity index (χ3n) is 2.87. The summed E-state index contributed by atoms with van der Waals surface area (Å²) in [5.74, 6) is 0.429. The zero-order chi connectivity index (χ0) is 12.5. The minimum atomic E-state index is -0.281. The van der Waals surface area contributed by atoms with Crippen molar-refractivity contribution in [3.05, 3.63) is 29.0 Å². The Balaban J connectivity index is 1.84. The topological polar surface area (TPSA) is 67.8 Å². The largest absolute Gasteiger partial charge is 0.349 e. The monoisotopic (exact) mass is 262 g/mol. The fourth-order valence-corrected chi connectivity index (χ4v) is 1.81. The summed E-state index contributed by atoms with van der Waals surface area (Å²) < 4.78 is 0. The van der Waals surface area contributed by atoms with Gasteiger partial charge in [0.2, 0.25) is 5.82 Å². The molecule has 1 N–H and O–H groups in total. The first-order chi connectivity index (χ1) is 8.72. The Morgan fingerprint density at radius 2 is 2.17 bits per heavy atom.